The first-order valence-electron chi connectivity index (χ1n) is 14.5. The Labute approximate surface area is 280 Å². The minimum Gasteiger partial charge on any atom is -0.463 e. The molecule has 2 saturated heterocycles. The van der Waals surface area contributed by atoms with Crippen LogP contribution in [0.3, 0.4) is 0 Å². The van der Waals surface area contributed by atoms with E-state index in [1.807, 2.05) is 5.32 Å². The van der Waals surface area contributed by atoms with Crippen molar-refractivity contribution in [2.24, 2.45) is 5.73 Å². The van der Waals surface area contributed by atoms with Gasteiger partial charge in [-0.25, -0.2) is 9.97 Å². The molecule has 8 atom stereocenters. The predicted octanol–water partition coefficient (Wildman–Crippen LogP) is -4.20. The molecule has 4 rings (SSSR count). The summed E-state index contributed by atoms with van der Waals surface area (Å²) in [4.78, 5) is 101. The molecule has 0 spiro atoms. The lowest BCUT2D eigenvalue weighted by atomic mass is 10.1. The lowest BCUT2D eigenvalue weighted by molar-refractivity contribution is -0.166. The zero-order valence-electron chi connectivity index (χ0n) is 26.9. The van der Waals surface area contributed by atoms with Gasteiger partial charge in [0.05, 0.1) is 6.61 Å². The van der Waals surface area contributed by atoms with Crippen molar-refractivity contribution in [1.82, 2.24) is 24.4 Å². The summed E-state index contributed by atoms with van der Waals surface area (Å²) in [5, 5.41) is 30.3. The van der Waals surface area contributed by atoms with Crippen molar-refractivity contribution in [2.75, 3.05) is 13.2 Å². The molecule has 22 nitrogen and oxygen atoms in total. The quantitative estimate of drug-likeness (QED) is 0.122. The van der Waals surface area contributed by atoms with Crippen LogP contribution in [0.2, 0.25) is 0 Å². The number of rotatable bonds is 9. The van der Waals surface area contributed by atoms with Crippen molar-refractivity contribution in [1.29, 1.82) is 0 Å². The van der Waals surface area contributed by atoms with Crippen LogP contribution in [0.1, 0.15) is 61.1 Å². The first kappa shape index (κ1) is 39.0. The van der Waals surface area contributed by atoms with E-state index < -0.39 is 114 Å². The van der Waals surface area contributed by atoms with Gasteiger partial charge in [0.1, 0.15) is 31.0 Å². The number of amides is 3. The highest BCUT2D eigenvalue weighted by Gasteiger charge is 2.51. The summed E-state index contributed by atoms with van der Waals surface area (Å²) < 4.78 is 28.0. The summed E-state index contributed by atoms with van der Waals surface area (Å²) in [5.74, 6) is -4.88. The molecule has 3 amide bonds. The number of primary amides is 1. The Morgan fingerprint density at radius 2 is 1.32 bits per heavy atom. The maximum absolute atomic E-state index is 12.8. The summed E-state index contributed by atoms with van der Waals surface area (Å²) >= 11 is 0. The molecule has 0 aliphatic carbocycles. The molecule has 0 bridgehead atoms. The van der Waals surface area contributed by atoms with E-state index in [0.29, 0.717) is 0 Å². The minimum atomic E-state index is -1.42. The van der Waals surface area contributed by atoms with Gasteiger partial charge in [0, 0.05) is 52.5 Å². The molecular weight excluding hydrogens is 676 g/mol. The highest BCUT2D eigenvalue weighted by atomic mass is 16.7. The first-order valence-corrected chi connectivity index (χ1v) is 14.5. The third kappa shape index (κ3) is 9.17. The first-order chi connectivity index (χ1) is 23.5. The van der Waals surface area contributed by atoms with E-state index >= 15 is 0 Å². The van der Waals surface area contributed by atoms with Gasteiger partial charge in [-0.2, -0.15) is 0 Å². The van der Waals surface area contributed by atoms with Crippen LogP contribution >= 0.6 is 0 Å². The van der Waals surface area contributed by atoms with E-state index in [1.54, 1.807) is 0 Å². The molecule has 2 aromatic heterocycles. The third-order valence-corrected chi connectivity index (χ3v) is 6.88. The van der Waals surface area contributed by atoms with Gasteiger partial charge in [0.25, 0.3) is 22.9 Å². The zero-order chi connectivity index (χ0) is 37.4. The SMILES string of the molecule is CC(=O)NC(=O)c1nccn([C@@H]2O[C@H](COC(C)=O)[C@@H](OC(C)=O)C2OC(C)=O)c1=O.NC(=O)c1nccn([C@@H]2O[C@H](CO)[C@@H](O)[C@H]2O)c1=O. The minimum absolute atomic E-state index is 0.362. The summed E-state index contributed by atoms with van der Waals surface area (Å²) in [7, 11) is 0. The van der Waals surface area contributed by atoms with Gasteiger partial charge in [-0.05, 0) is 0 Å². The van der Waals surface area contributed by atoms with E-state index in [4.69, 9.17) is 34.5 Å². The fraction of sp³-hybridized carbons (Fsp3) is 0.500. The van der Waals surface area contributed by atoms with Crippen molar-refractivity contribution < 1.29 is 67.8 Å². The second-order valence-corrected chi connectivity index (χ2v) is 10.6. The number of nitrogens with two attached hydrogens (primary N) is 1. The van der Waals surface area contributed by atoms with Gasteiger partial charge in [0.2, 0.25) is 5.91 Å². The van der Waals surface area contributed by atoms with Crippen molar-refractivity contribution >= 4 is 35.6 Å². The van der Waals surface area contributed by atoms with Crippen LogP contribution in [0.4, 0.5) is 0 Å². The van der Waals surface area contributed by atoms with Gasteiger partial charge < -0.3 is 44.7 Å². The molecule has 2 aliphatic rings. The largest absolute Gasteiger partial charge is 0.463 e. The average molecular weight is 711 g/mol. The molecule has 22 heteroatoms. The van der Waals surface area contributed by atoms with Crippen molar-refractivity contribution in [3.8, 4) is 0 Å². The Morgan fingerprint density at radius 1 is 0.800 bits per heavy atom. The van der Waals surface area contributed by atoms with Crippen LogP contribution in [0, 0.1) is 0 Å². The topological polar surface area (TPSA) is 317 Å². The number of nitrogens with zero attached hydrogens (tertiary/aromatic N) is 4. The Balaban J connectivity index is 0.000000303. The molecule has 4 heterocycles. The van der Waals surface area contributed by atoms with Crippen molar-refractivity contribution in [3.63, 3.8) is 0 Å². The molecular formula is C28H34N6O16. The van der Waals surface area contributed by atoms with E-state index in [2.05, 4.69) is 9.97 Å². The summed E-state index contributed by atoms with van der Waals surface area (Å²) in [5.41, 5.74) is 2.07. The number of hydrogen-bond acceptors (Lipinski definition) is 18. The fourth-order valence-corrected chi connectivity index (χ4v) is 4.82. The third-order valence-electron chi connectivity index (χ3n) is 6.88. The van der Waals surface area contributed by atoms with Gasteiger partial charge in [0.15, 0.2) is 36.1 Å². The molecule has 0 aromatic carbocycles. The van der Waals surface area contributed by atoms with Crippen LogP contribution in [-0.4, -0.2) is 120 Å². The van der Waals surface area contributed by atoms with Crippen LogP contribution < -0.4 is 22.2 Å². The van der Waals surface area contributed by atoms with Gasteiger partial charge in [-0.1, -0.05) is 0 Å². The molecule has 1 unspecified atom stereocenters. The van der Waals surface area contributed by atoms with Crippen molar-refractivity contribution in [3.05, 3.63) is 56.9 Å². The van der Waals surface area contributed by atoms with Crippen LogP contribution in [0.5, 0.6) is 0 Å². The van der Waals surface area contributed by atoms with Crippen molar-refractivity contribution in [2.45, 2.75) is 76.8 Å². The van der Waals surface area contributed by atoms with E-state index in [0.717, 1.165) is 55.4 Å². The normalized spacial score (nSPS) is 25.4. The van der Waals surface area contributed by atoms with Gasteiger partial charge in [-0.15, -0.1) is 0 Å². The molecule has 0 saturated carbocycles. The second-order valence-electron chi connectivity index (χ2n) is 10.6. The standard InChI is InChI=1S/C18H21N3O10.C10H13N3O6/c1-8(22)20-16(26)13-17(27)21(6-5-19-13)18-15(30-11(4)25)14(29-10(3)24)12(31-18)7-28-9(2)23;11-8(17)5-9(18)13(2-1-12-5)10-7(16)6(15)4(3-14)19-10/h5-6,12,14-15,18H,7H2,1-4H3,(H,20,22,26);1-2,4,6-7,10,14-16H,3H2,(H2,11,17)/t12-,14-,15?,18-;4-,6-,7-,10-/m11/s1. The number of hydrogen-bond donors (Lipinski definition) is 5. The molecule has 2 fully saturated rings. The van der Waals surface area contributed by atoms with Crippen LogP contribution in [0.15, 0.2) is 34.4 Å². The lowest BCUT2D eigenvalue weighted by Gasteiger charge is -2.24. The Kier molecular flexibility index (Phi) is 13.1. The highest BCUT2D eigenvalue weighted by Crippen LogP contribution is 2.34. The van der Waals surface area contributed by atoms with E-state index in [-0.39, 0.29) is 6.61 Å². The number of esters is 3. The number of imide groups is 1. The second kappa shape index (κ2) is 16.8. The molecule has 0 radical (unpaired) electrons. The van der Waals surface area contributed by atoms with Crippen LogP contribution in [0.25, 0.3) is 0 Å². The Hall–Kier alpha value is -5.42. The highest BCUT2D eigenvalue weighted by molar-refractivity contribution is 6.02. The molecule has 2 aliphatic heterocycles. The number of aromatic nitrogens is 4. The maximum atomic E-state index is 12.8. The average Bonchev–Trinajstić information content (AvgIpc) is 3.50. The smallest absolute Gasteiger partial charge is 0.303 e. The summed E-state index contributed by atoms with van der Waals surface area (Å²) in [6.07, 6.45) is -5.37. The summed E-state index contributed by atoms with van der Waals surface area (Å²) in [6.45, 7) is 3.58. The lowest BCUT2D eigenvalue weighted by Crippen LogP contribution is -2.43. The number of nitrogens with one attached hydrogen (secondary N) is 1. The number of ether oxygens (including phenoxy) is 5. The Bertz CT molecular complexity index is 1740. The monoisotopic (exact) mass is 710 g/mol. The van der Waals surface area contributed by atoms with Gasteiger partial charge >= 0.3 is 17.9 Å². The number of aliphatic hydroxyl groups is 3. The van der Waals surface area contributed by atoms with Crippen LogP contribution in [-0.2, 0) is 42.9 Å². The molecule has 272 valence electrons. The number of aliphatic hydroxyl groups excluding tert-OH is 3. The zero-order valence-corrected chi connectivity index (χ0v) is 26.9. The molecule has 2 aromatic rings. The molecule has 50 heavy (non-hydrogen) atoms. The predicted molar refractivity (Wildman–Crippen MR) is 158 cm³/mol. The van der Waals surface area contributed by atoms with E-state index in [9.17, 15) is 48.6 Å². The van der Waals surface area contributed by atoms with Gasteiger partial charge in [-0.3, -0.25) is 52.8 Å². The fourth-order valence-electron chi connectivity index (χ4n) is 4.82. The van der Waals surface area contributed by atoms with E-state index in [1.165, 1.54) is 6.20 Å². The molecule has 6 N–H and O–H groups in total. The Morgan fingerprint density at radius 3 is 1.82 bits per heavy atom. The number of carbonyl (C=O) groups excluding carboxylic acids is 6. The summed E-state index contributed by atoms with van der Waals surface area (Å²) in [6, 6.07) is 0. The maximum Gasteiger partial charge on any atom is 0.303 e. The number of carbonyl (C=O) groups is 6.